The maximum atomic E-state index is 13.8. The van der Waals surface area contributed by atoms with Crippen LogP contribution in [0.15, 0.2) is 54.6 Å². The topological polar surface area (TPSA) is 183 Å². The minimum Gasteiger partial charge on any atom is -0.444 e. The minimum atomic E-state index is -0.862. The Bertz CT molecular complexity index is 2180. The highest BCUT2D eigenvalue weighted by molar-refractivity contribution is 6.33. The van der Waals surface area contributed by atoms with Crippen molar-refractivity contribution in [1.29, 1.82) is 0 Å². The number of rotatable bonds is 7. The SMILES string of the molecule is CC(C)(C)OC(=O)N1[C@@H](c2cc(F)cc(CCl)c2)COC1(C)C.CC(C)(C)OC(=O)N1[C@@H](c2cc(F)cc(CO)c2)COC1(C)C.Clc1nc(Cl)nc(Cl)n1.N[C@H](CO)c1cc(F)cc(CCl)c1. The van der Waals surface area contributed by atoms with Crippen molar-refractivity contribution in [3.05, 3.63) is 121 Å². The fraction of sp³-hybridized carbons (Fsp3) is 0.500. The average molecular weight is 1060 g/mol. The van der Waals surface area contributed by atoms with Crippen molar-refractivity contribution < 1.29 is 51.9 Å². The van der Waals surface area contributed by atoms with Crippen LogP contribution < -0.4 is 5.73 Å². The first-order chi connectivity index (χ1) is 31.4. The first kappa shape index (κ1) is 58.6. The number of benzene rings is 3. The average Bonchev–Trinajstić information content (AvgIpc) is 3.72. The van der Waals surface area contributed by atoms with E-state index in [0.717, 1.165) is 0 Å². The standard InChI is InChI=1S/C17H23ClFNO3.C17H24FNO4.C9H11ClFNO.C3Cl3N3/c1-16(2,3)23-15(21)20-14(10-22-17(20,4)5)12-6-11(9-18)7-13(19)8-12;1-16(2,3)23-15(21)19-14(10-22-17(19,4)5)12-6-11(9-20)7-13(18)8-12;10-4-6-1-7(9(12)5-13)3-8(11)2-6;4-1-7-2(5)9-3(6)8-1/h6-8,14H,9-10H2,1-5H3;6-8,14,20H,9-10H2,1-5H3;1-3,9,13H,4-5,12H2;/t2*14-;9-;/m111./s1. The molecule has 2 saturated heterocycles. The van der Waals surface area contributed by atoms with Gasteiger partial charge in [-0.25, -0.2) is 22.8 Å². The summed E-state index contributed by atoms with van der Waals surface area (Å²) in [6.07, 6.45) is -0.999. The zero-order valence-electron chi connectivity index (χ0n) is 39.4. The molecule has 3 heterocycles. The predicted octanol–water partition coefficient (Wildman–Crippen LogP) is 11.4. The van der Waals surface area contributed by atoms with E-state index >= 15 is 0 Å². The Kier molecular flexibility index (Phi) is 21.4. The van der Waals surface area contributed by atoms with Gasteiger partial charge in [-0.1, -0.05) is 18.2 Å². The largest absolute Gasteiger partial charge is 0.444 e. The number of halogens is 8. The van der Waals surface area contributed by atoms with Gasteiger partial charge in [-0.3, -0.25) is 9.80 Å². The van der Waals surface area contributed by atoms with Gasteiger partial charge in [0.2, 0.25) is 15.9 Å². The predicted molar refractivity (Wildman–Crippen MR) is 255 cm³/mol. The molecule has 3 aromatic carbocycles. The van der Waals surface area contributed by atoms with E-state index in [1.165, 1.54) is 46.2 Å². The summed E-state index contributed by atoms with van der Waals surface area (Å²) in [4.78, 5) is 38.6. The summed E-state index contributed by atoms with van der Waals surface area (Å²) in [6.45, 7) is 17.9. The van der Waals surface area contributed by atoms with Gasteiger partial charge in [0.1, 0.15) is 40.1 Å². The van der Waals surface area contributed by atoms with E-state index in [2.05, 4.69) is 15.0 Å². The minimum absolute atomic E-state index is 0.000000000000000444. The summed E-state index contributed by atoms with van der Waals surface area (Å²) in [5, 5.41) is 18.0. The van der Waals surface area contributed by atoms with Crippen molar-refractivity contribution in [1.82, 2.24) is 24.8 Å². The highest BCUT2D eigenvalue weighted by Crippen LogP contribution is 2.40. The van der Waals surface area contributed by atoms with E-state index < -0.39 is 58.8 Å². The van der Waals surface area contributed by atoms with Gasteiger partial charge in [0.25, 0.3) is 0 Å². The molecule has 376 valence electrons. The van der Waals surface area contributed by atoms with E-state index in [-0.39, 0.29) is 65.7 Å². The van der Waals surface area contributed by atoms with Gasteiger partial charge >= 0.3 is 12.2 Å². The van der Waals surface area contributed by atoms with Gasteiger partial charge in [0.15, 0.2) is 0 Å². The van der Waals surface area contributed by atoms with E-state index in [9.17, 15) is 27.9 Å². The molecule has 0 aliphatic carbocycles. The summed E-state index contributed by atoms with van der Waals surface area (Å²) in [7, 11) is 0. The molecule has 4 aromatic rings. The Balaban J connectivity index is 0.000000255. The smallest absolute Gasteiger partial charge is 0.413 e. The Morgan fingerprint density at radius 1 is 0.676 bits per heavy atom. The van der Waals surface area contributed by atoms with Crippen LogP contribution in [0, 0.1) is 17.5 Å². The molecule has 1 aromatic heterocycles. The van der Waals surface area contributed by atoms with Crippen molar-refractivity contribution in [2.24, 2.45) is 5.73 Å². The number of aliphatic hydroxyl groups excluding tert-OH is 2. The summed E-state index contributed by atoms with van der Waals surface area (Å²) in [5.41, 5.74) is 6.14. The zero-order valence-corrected chi connectivity index (χ0v) is 43.1. The second kappa shape index (κ2) is 24.9. The number of aliphatic hydroxyl groups is 2. The van der Waals surface area contributed by atoms with Gasteiger partial charge in [-0.05, 0) is 174 Å². The van der Waals surface area contributed by atoms with Crippen molar-refractivity contribution >= 4 is 70.2 Å². The van der Waals surface area contributed by atoms with Crippen molar-refractivity contribution in [3.8, 4) is 0 Å². The molecule has 4 N–H and O–H groups in total. The van der Waals surface area contributed by atoms with Crippen LogP contribution in [0.2, 0.25) is 15.9 Å². The van der Waals surface area contributed by atoms with E-state index in [4.69, 9.17) is 87.8 Å². The van der Waals surface area contributed by atoms with Crippen molar-refractivity contribution in [2.75, 3.05) is 19.8 Å². The Labute approximate surface area is 420 Å². The van der Waals surface area contributed by atoms with Crippen LogP contribution in [0.4, 0.5) is 22.8 Å². The summed E-state index contributed by atoms with van der Waals surface area (Å²) < 4.78 is 62.9. The Hall–Kier alpha value is -3.75. The van der Waals surface area contributed by atoms with Crippen LogP contribution in [-0.2, 0) is 37.3 Å². The van der Waals surface area contributed by atoms with Crippen molar-refractivity contribution in [3.63, 3.8) is 0 Å². The number of ether oxygens (including phenoxy) is 4. The monoisotopic (exact) mass is 1050 g/mol. The summed E-state index contributed by atoms with van der Waals surface area (Å²) >= 11 is 27.3. The molecule has 0 bridgehead atoms. The normalized spacial score (nSPS) is 17.7. The van der Waals surface area contributed by atoms with Gasteiger partial charge in [0.05, 0.1) is 44.6 Å². The fourth-order valence-corrected chi connectivity index (χ4v) is 7.61. The lowest BCUT2D eigenvalue weighted by molar-refractivity contribution is -0.0637. The maximum absolute atomic E-state index is 13.8. The molecule has 2 aliphatic rings. The molecule has 6 rings (SSSR count). The van der Waals surface area contributed by atoms with Gasteiger partial charge in [-0.2, -0.15) is 15.0 Å². The number of aromatic nitrogens is 3. The third-order valence-electron chi connectivity index (χ3n) is 9.53. The highest BCUT2D eigenvalue weighted by Gasteiger charge is 2.47. The first-order valence-electron chi connectivity index (χ1n) is 20.9. The van der Waals surface area contributed by atoms with Crippen LogP contribution in [0.25, 0.3) is 0 Å². The number of alkyl halides is 2. The highest BCUT2D eigenvalue weighted by atomic mass is 35.5. The second-order valence-corrected chi connectivity index (χ2v) is 19.8. The third kappa shape index (κ3) is 17.9. The van der Waals surface area contributed by atoms with Crippen LogP contribution in [0.5, 0.6) is 0 Å². The molecule has 3 atom stereocenters. The molecule has 0 saturated carbocycles. The van der Waals surface area contributed by atoms with Crippen LogP contribution >= 0.6 is 58.0 Å². The zero-order chi connectivity index (χ0) is 51.5. The number of nitrogens with two attached hydrogens (primary N) is 1. The molecular weight excluding hydrogens is 999 g/mol. The first-order valence-corrected chi connectivity index (χ1v) is 23.1. The Morgan fingerprint density at radius 3 is 1.38 bits per heavy atom. The quantitative estimate of drug-likeness (QED) is 0.149. The summed E-state index contributed by atoms with van der Waals surface area (Å²) in [5.74, 6) is -0.777. The maximum Gasteiger partial charge on any atom is 0.413 e. The molecule has 68 heavy (non-hydrogen) atoms. The third-order valence-corrected chi connectivity index (χ3v) is 10.7. The lowest BCUT2D eigenvalue weighted by atomic mass is 10.0. The molecule has 0 unspecified atom stereocenters. The van der Waals surface area contributed by atoms with E-state index in [0.29, 0.717) is 33.4 Å². The van der Waals surface area contributed by atoms with Crippen LogP contribution in [-0.4, -0.2) is 89.6 Å². The van der Waals surface area contributed by atoms with Gasteiger partial charge < -0.3 is 34.9 Å². The second-order valence-electron chi connectivity index (χ2n) is 18.3. The molecular formula is C46H58Cl5F3N6O8. The molecule has 22 heteroatoms. The van der Waals surface area contributed by atoms with Crippen LogP contribution in [0.1, 0.15) is 121 Å². The Morgan fingerprint density at radius 2 is 1.03 bits per heavy atom. The molecule has 2 fully saturated rings. The number of carbonyl (C=O) groups excluding carboxylic acids is 2. The van der Waals surface area contributed by atoms with Crippen molar-refractivity contribution in [2.45, 2.75) is 128 Å². The van der Waals surface area contributed by atoms with Gasteiger partial charge in [-0.15, -0.1) is 23.2 Å². The molecule has 14 nitrogen and oxygen atoms in total. The van der Waals surface area contributed by atoms with E-state index in [1.807, 2.05) is 0 Å². The van der Waals surface area contributed by atoms with Gasteiger partial charge in [0, 0.05) is 11.8 Å². The summed E-state index contributed by atoms with van der Waals surface area (Å²) in [6, 6.07) is 11.8. The number of hydrogen-bond donors (Lipinski definition) is 3. The molecule has 2 amide bonds. The number of carbonyl (C=O) groups is 2. The van der Waals surface area contributed by atoms with E-state index in [1.54, 1.807) is 87.4 Å². The number of amides is 2. The molecule has 0 radical (unpaired) electrons. The molecule has 2 aliphatic heterocycles. The van der Waals surface area contributed by atoms with Crippen LogP contribution in [0.3, 0.4) is 0 Å². The lowest BCUT2D eigenvalue weighted by Crippen LogP contribution is -2.47. The molecule has 0 spiro atoms. The number of nitrogens with zero attached hydrogens (tertiary/aromatic N) is 5. The number of hydrogen-bond acceptors (Lipinski definition) is 12. The lowest BCUT2D eigenvalue weighted by Gasteiger charge is -2.35. The fourth-order valence-electron chi connectivity index (χ4n) is 6.69.